The molecule has 90 valence electrons. The zero-order valence-corrected chi connectivity index (χ0v) is 9.67. The predicted octanol–water partition coefficient (Wildman–Crippen LogP) is -1.95. The minimum atomic E-state index is -1.58. The highest BCUT2D eigenvalue weighted by atomic mass is 32.1. The first-order valence-corrected chi connectivity index (χ1v) is 5.61. The fourth-order valence-corrected chi connectivity index (χ4v) is 2.46. The first kappa shape index (κ1) is 11.7. The molecule has 0 aliphatic carbocycles. The van der Waals surface area contributed by atoms with Crippen molar-refractivity contribution < 1.29 is 14.7 Å². The second-order valence-corrected chi connectivity index (χ2v) is 5.08. The number of amides is 2. The van der Waals surface area contributed by atoms with Crippen molar-refractivity contribution in [3.8, 4) is 0 Å². The summed E-state index contributed by atoms with van der Waals surface area (Å²) in [7, 11) is 0. The van der Waals surface area contributed by atoms with E-state index >= 15 is 0 Å². The molecule has 0 bridgehead atoms. The summed E-state index contributed by atoms with van der Waals surface area (Å²) < 4.78 is 0. The molecule has 0 aromatic carbocycles. The van der Waals surface area contributed by atoms with Gasteiger partial charge >= 0.3 is 0 Å². The summed E-state index contributed by atoms with van der Waals surface area (Å²) in [5.41, 5.74) is 4.61. The number of likely N-dealkylation sites (tertiary alicyclic amines) is 1. The Morgan fingerprint density at radius 2 is 2.44 bits per heavy atom. The summed E-state index contributed by atoms with van der Waals surface area (Å²) in [5.74, 6) is -1.01. The average Bonchev–Trinajstić information content (AvgIpc) is 2.75. The number of aliphatic hydroxyl groups excluding tert-OH is 1. The molecule has 16 heavy (non-hydrogen) atoms. The van der Waals surface area contributed by atoms with Gasteiger partial charge in [0, 0.05) is 6.54 Å². The van der Waals surface area contributed by atoms with Crippen LogP contribution in [0, 0.1) is 0 Å². The summed E-state index contributed by atoms with van der Waals surface area (Å²) >= 11 is 4.03. The average molecular weight is 245 g/mol. The first-order valence-electron chi connectivity index (χ1n) is 5.16. The molecule has 2 heterocycles. The van der Waals surface area contributed by atoms with Crippen LogP contribution in [0.5, 0.6) is 0 Å². The van der Waals surface area contributed by atoms with Crippen LogP contribution >= 0.6 is 12.6 Å². The summed E-state index contributed by atoms with van der Waals surface area (Å²) in [6, 6.07) is 0. The third-order valence-corrected chi connectivity index (χ3v) is 3.99. The molecule has 0 saturated carbocycles. The van der Waals surface area contributed by atoms with E-state index in [-0.39, 0.29) is 5.91 Å². The number of nitrogens with two attached hydrogens (primary N) is 1. The van der Waals surface area contributed by atoms with E-state index in [1.54, 1.807) is 0 Å². The number of primary amides is 1. The van der Waals surface area contributed by atoms with Crippen molar-refractivity contribution in [1.29, 1.82) is 0 Å². The van der Waals surface area contributed by atoms with Gasteiger partial charge in [0.2, 0.25) is 5.91 Å². The number of rotatable bonds is 3. The van der Waals surface area contributed by atoms with Gasteiger partial charge in [-0.3, -0.25) is 9.59 Å². The lowest BCUT2D eigenvalue weighted by molar-refractivity contribution is -0.163. The third-order valence-electron chi connectivity index (χ3n) is 3.39. The minimum Gasteiger partial charge on any atom is -0.392 e. The largest absolute Gasteiger partial charge is 0.392 e. The van der Waals surface area contributed by atoms with Crippen molar-refractivity contribution in [1.82, 2.24) is 10.2 Å². The van der Waals surface area contributed by atoms with E-state index in [1.807, 2.05) is 0 Å². The molecule has 2 saturated heterocycles. The molecular formula is C9H15N3O3S. The lowest BCUT2D eigenvalue weighted by Crippen LogP contribution is -2.78. The van der Waals surface area contributed by atoms with Gasteiger partial charge in [-0.05, 0) is 19.4 Å². The van der Waals surface area contributed by atoms with Gasteiger partial charge in [-0.1, -0.05) is 0 Å². The lowest BCUT2D eigenvalue weighted by atomic mass is 9.85. The van der Waals surface area contributed by atoms with Crippen LogP contribution in [0.1, 0.15) is 12.8 Å². The van der Waals surface area contributed by atoms with E-state index in [0.29, 0.717) is 6.54 Å². The van der Waals surface area contributed by atoms with Crippen LogP contribution in [0.15, 0.2) is 0 Å². The van der Waals surface area contributed by atoms with E-state index in [1.165, 1.54) is 4.90 Å². The number of carbonyl (C=O) groups excluding carboxylic acids is 2. The van der Waals surface area contributed by atoms with E-state index in [0.717, 1.165) is 19.4 Å². The molecule has 0 radical (unpaired) electrons. The second kappa shape index (κ2) is 3.61. The van der Waals surface area contributed by atoms with Crippen molar-refractivity contribution in [2.45, 2.75) is 23.3 Å². The Hall–Kier alpha value is -0.790. The van der Waals surface area contributed by atoms with Crippen molar-refractivity contribution in [2.75, 3.05) is 19.7 Å². The predicted molar refractivity (Wildman–Crippen MR) is 59.7 cm³/mol. The lowest BCUT2D eigenvalue weighted by Gasteiger charge is -2.52. The Morgan fingerprint density at radius 3 is 2.81 bits per heavy atom. The summed E-state index contributed by atoms with van der Waals surface area (Å²) in [6.45, 7) is 0.598. The van der Waals surface area contributed by atoms with Crippen LogP contribution in [0.25, 0.3) is 0 Å². The van der Waals surface area contributed by atoms with Crippen LogP contribution in [0.3, 0.4) is 0 Å². The summed E-state index contributed by atoms with van der Waals surface area (Å²) in [4.78, 5) is 22.9. The number of nitrogens with one attached hydrogen (secondary N) is 1. The number of β-lactam (4-membered cyclic amide) rings is 1. The Morgan fingerprint density at radius 1 is 1.75 bits per heavy atom. The van der Waals surface area contributed by atoms with Crippen LogP contribution < -0.4 is 11.1 Å². The SMILES string of the molecule is NC(=O)[C@@](S)(CO)N1CC2(CCCN2)C1=O. The molecule has 2 aliphatic heterocycles. The summed E-state index contributed by atoms with van der Waals surface area (Å²) in [5, 5.41) is 12.3. The molecule has 4 N–H and O–H groups in total. The van der Waals surface area contributed by atoms with Gasteiger partial charge in [0.1, 0.15) is 5.54 Å². The normalized spacial score (nSPS) is 32.6. The van der Waals surface area contributed by atoms with Gasteiger partial charge in [0.05, 0.1) is 6.61 Å². The number of nitrogens with zero attached hydrogens (tertiary/aromatic N) is 1. The van der Waals surface area contributed by atoms with Gasteiger partial charge in [0.15, 0.2) is 4.87 Å². The molecule has 6 nitrogen and oxygen atoms in total. The summed E-state index contributed by atoms with van der Waals surface area (Å²) in [6.07, 6.45) is 1.70. The van der Waals surface area contributed by atoms with Crippen molar-refractivity contribution in [3.63, 3.8) is 0 Å². The van der Waals surface area contributed by atoms with Gasteiger partial charge in [-0.15, -0.1) is 12.6 Å². The standard InChI is InChI=1S/C9H15N3O3S/c10-6(14)9(16,5-13)12-4-8(7(12)15)2-1-3-11-8/h11,13,16H,1-5H2,(H2,10,14)/t8?,9-/m0/s1. The number of hydrogen-bond acceptors (Lipinski definition) is 5. The van der Waals surface area contributed by atoms with Crippen LogP contribution in [-0.4, -0.2) is 51.9 Å². The topological polar surface area (TPSA) is 95.7 Å². The highest BCUT2D eigenvalue weighted by Crippen LogP contribution is 2.37. The molecule has 2 atom stereocenters. The molecular weight excluding hydrogens is 230 g/mol. The van der Waals surface area contributed by atoms with Crippen LogP contribution in [0.2, 0.25) is 0 Å². The fraction of sp³-hybridized carbons (Fsp3) is 0.778. The molecule has 2 amide bonds. The molecule has 7 heteroatoms. The Bertz CT molecular complexity index is 343. The second-order valence-electron chi connectivity index (χ2n) is 4.34. The number of hydrogen-bond donors (Lipinski definition) is 4. The fourth-order valence-electron chi connectivity index (χ4n) is 2.30. The third kappa shape index (κ3) is 1.35. The number of thiol groups is 1. The zero-order valence-electron chi connectivity index (χ0n) is 8.77. The molecule has 1 spiro atoms. The zero-order chi connectivity index (χ0) is 12.0. The Balaban J connectivity index is 2.15. The smallest absolute Gasteiger partial charge is 0.256 e. The van der Waals surface area contributed by atoms with Crippen LogP contribution in [0.4, 0.5) is 0 Å². The van der Waals surface area contributed by atoms with E-state index < -0.39 is 22.9 Å². The molecule has 0 aromatic rings. The van der Waals surface area contributed by atoms with Crippen LogP contribution in [-0.2, 0) is 9.59 Å². The maximum Gasteiger partial charge on any atom is 0.256 e. The maximum atomic E-state index is 12.0. The molecule has 2 rings (SSSR count). The van der Waals surface area contributed by atoms with Gasteiger partial charge < -0.3 is 21.1 Å². The van der Waals surface area contributed by atoms with E-state index in [4.69, 9.17) is 10.8 Å². The van der Waals surface area contributed by atoms with E-state index in [9.17, 15) is 9.59 Å². The Labute approximate surface area is 98.6 Å². The van der Waals surface area contributed by atoms with Gasteiger partial charge in [0.25, 0.3) is 5.91 Å². The molecule has 0 aromatic heterocycles. The van der Waals surface area contributed by atoms with Gasteiger partial charge in [-0.2, -0.15) is 0 Å². The quantitative estimate of drug-likeness (QED) is 0.343. The first-order chi connectivity index (χ1) is 7.46. The van der Waals surface area contributed by atoms with Crippen molar-refractivity contribution in [3.05, 3.63) is 0 Å². The molecule has 1 unspecified atom stereocenters. The number of aliphatic hydroxyl groups is 1. The monoisotopic (exact) mass is 245 g/mol. The maximum absolute atomic E-state index is 12.0. The highest BCUT2D eigenvalue weighted by Gasteiger charge is 2.60. The Kier molecular flexibility index (Phi) is 2.64. The van der Waals surface area contributed by atoms with Gasteiger partial charge in [-0.25, -0.2) is 0 Å². The van der Waals surface area contributed by atoms with Crippen molar-refractivity contribution in [2.24, 2.45) is 5.73 Å². The molecule has 2 aliphatic rings. The molecule has 2 fully saturated rings. The van der Waals surface area contributed by atoms with Crippen molar-refractivity contribution >= 4 is 24.4 Å². The minimum absolute atomic E-state index is 0.201. The number of carbonyl (C=O) groups is 2. The van der Waals surface area contributed by atoms with E-state index in [2.05, 4.69) is 17.9 Å². The highest BCUT2D eigenvalue weighted by molar-refractivity contribution is 7.82.